The van der Waals surface area contributed by atoms with Gasteiger partial charge in [-0.3, -0.25) is 0 Å². The maximum atomic E-state index is 11.9. The molecule has 1 atom stereocenters. The Labute approximate surface area is 122 Å². The first-order chi connectivity index (χ1) is 9.49. The van der Waals surface area contributed by atoms with Crippen LogP contribution in [0.1, 0.15) is 11.7 Å². The lowest BCUT2D eigenvalue weighted by Gasteiger charge is -2.12. The highest BCUT2D eigenvalue weighted by Crippen LogP contribution is 2.16. The fraction of sp³-hybridized carbons (Fsp3) is 0.154. The predicted octanol–water partition coefficient (Wildman–Crippen LogP) is 1.75. The number of aliphatic hydroxyl groups excluding tert-OH is 1. The molecule has 0 aliphatic rings. The van der Waals surface area contributed by atoms with Gasteiger partial charge in [-0.15, -0.1) is 0 Å². The maximum absolute atomic E-state index is 11.9. The monoisotopic (exact) mass is 312 g/mol. The average Bonchev–Trinajstić information content (AvgIpc) is 2.46. The molecule has 5 nitrogen and oxygen atoms in total. The van der Waals surface area contributed by atoms with Gasteiger partial charge in [0.15, 0.2) is 5.03 Å². The SMILES string of the molecule is O=S(=O)(NCC(O)c1ccc(Cl)cc1)c1ccccn1. The molecular weight excluding hydrogens is 300 g/mol. The van der Waals surface area contributed by atoms with E-state index in [2.05, 4.69) is 9.71 Å². The summed E-state index contributed by atoms with van der Waals surface area (Å²) in [6.07, 6.45) is 0.440. The zero-order chi connectivity index (χ0) is 14.6. The summed E-state index contributed by atoms with van der Waals surface area (Å²) < 4.78 is 26.1. The molecule has 0 bridgehead atoms. The van der Waals surface area contributed by atoms with Crippen molar-refractivity contribution in [2.24, 2.45) is 0 Å². The minimum atomic E-state index is -3.72. The zero-order valence-electron chi connectivity index (χ0n) is 10.4. The number of nitrogens with one attached hydrogen (secondary N) is 1. The van der Waals surface area contributed by atoms with E-state index in [1.807, 2.05) is 0 Å². The summed E-state index contributed by atoms with van der Waals surface area (Å²) in [4.78, 5) is 3.76. The minimum absolute atomic E-state index is 0.0803. The number of rotatable bonds is 5. The van der Waals surface area contributed by atoms with Crippen LogP contribution in [0.2, 0.25) is 5.02 Å². The number of halogens is 1. The molecule has 1 aromatic heterocycles. The highest BCUT2D eigenvalue weighted by molar-refractivity contribution is 7.89. The molecular formula is C13H13ClN2O3S. The second kappa shape index (κ2) is 6.32. The summed E-state index contributed by atoms with van der Waals surface area (Å²) in [5.41, 5.74) is 0.582. The van der Waals surface area contributed by atoms with Crippen molar-refractivity contribution >= 4 is 21.6 Å². The summed E-state index contributed by atoms with van der Waals surface area (Å²) >= 11 is 5.74. The lowest BCUT2D eigenvalue weighted by molar-refractivity contribution is 0.182. The van der Waals surface area contributed by atoms with Gasteiger partial charge < -0.3 is 5.11 Å². The van der Waals surface area contributed by atoms with Crippen LogP contribution in [-0.2, 0) is 10.0 Å². The van der Waals surface area contributed by atoms with Gasteiger partial charge in [0.25, 0.3) is 10.0 Å². The molecule has 106 valence electrons. The number of hydrogen-bond donors (Lipinski definition) is 2. The van der Waals surface area contributed by atoms with Crippen molar-refractivity contribution in [3.8, 4) is 0 Å². The van der Waals surface area contributed by atoms with Crippen LogP contribution >= 0.6 is 11.6 Å². The normalized spacial score (nSPS) is 13.1. The predicted molar refractivity (Wildman–Crippen MR) is 75.8 cm³/mol. The smallest absolute Gasteiger partial charge is 0.258 e. The summed E-state index contributed by atoms with van der Waals surface area (Å²) in [7, 11) is -3.72. The first-order valence-corrected chi connectivity index (χ1v) is 7.69. The van der Waals surface area contributed by atoms with Crippen molar-refractivity contribution < 1.29 is 13.5 Å². The Hall–Kier alpha value is -1.47. The Balaban J connectivity index is 2.03. The van der Waals surface area contributed by atoms with Gasteiger partial charge in [0.1, 0.15) is 0 Å². The highest BCUT2D eigenvalue weighted by atomic mass is 35.5. The van der Waals surface area contributed by atoms with Crippen LogP contribution in [0.4, 0.5) is 0 Å². The standard InChI is InChI=1S/C13H13ClN2O3S/c14-11-6-4-10(5-7-11)12(17)9-16-20(18,19)13-3-1-2-8-15-13/h1-8,12,16-17H,9H2. The lowest BCUT2D eigenvalue weighted by Crippen LogP contribution is -2.29. The number of sulfonamides is 1. The molecule has 20 heavy (non-hydrogen) atoms. The quantitative estimate of drug-likeness (QED) is 0.881. The number of aromatic nitrogens is 1. The molecule has 0 fully saturated rings. The maximum Gasteiger partial charge on any atom is 0.258 e. The fourth-order valence-corrected chi connectivity index (χ4v) is 2.68. The van der Waals surface area contributed by atoms with E-state index in [4.69, 9.17) is 11.6 Å². The van der Waals surface area contributed by atoms with Gasteiger partial charge >= 0.3 is 0 Å². The van der Waals surface area contributed by atoms with Gasteiger partial charge in [-0.1, -0.05) is 29.8 Å². The summed E-state index contributed by atoms with van der Waals surface area (Å²) in [5.74, 6) is 0. The fourth-order valence-electron chi connectivity index (χ4n) is 1.57. The molecule has 2 aromatic rings. The Kier molecular flexibility index (Phi) is 4.72. The van der Waals surface area contributed by atoms with E-state index < -0.39 is 16.1 Å². The van der Waals surface area contributed by atoms with Crippen LogP contribution < -0.4 is 4.72 Å². The van der Waals surface area contributed by atoms with Crippen molar-refractivity contribution in [3.63, 3.8) is 0 Å². The van der Waals surface area contributed by atoms with E-state index in [1.54, 1.807) is 36.4 Å². The molecule has 1 aromatic carbocycles. The molecule has 1 heterocycles. The van der Waals surface area contributed by atoms with Gasteiger partial charge in [0.2, 0.25) is 0 Å². The number of hydrogen-bond acceptors (Lipinski definition) is 4. The number of benzene rings is 1. The molecule has 0 saturated carbocycles. The van der Waals surface area contributed by atoms with E-state index in [9.17, 15) is 13.5 Å². The molecule has 1 unspecified atom stereocenters. The number of pyridine rings is 1. The lowest BCUT2D eigenvalue weighted by atomic mass is 10.1. The molecule has 0 saturated heterocycles. The van der Waals surface area contributed by atoms with Crippen molar-refractivity contribution in [3.05, 3.63) is 59.2 Å². The number of aliphatic hydroxyl groups is 1. The third-order valence-corrected chi connectivity index (χ3v) is 4.23. The molecule has 0 amide bonds. The molecule has 7 heteroatoms. The van der Waals surface area contributed by atoms with Gasteiger partial charge in [-0.25, -0.2) is 18.1 Å². The Bertz CT molecular complexity index is 660. The largest absolute Gasteiger partial charge is 0.387 e. The van der Waals surface area contributed by atoms with Crippen molar-refractivity contribution in [2.75, 3.05) is 6.54 Å². The molecule has 0 aliphatic heterocycles. The Morgan fingerprint density at radius 3 is 2.50 bits per heavy atom. The van der Waals surface area contributed by atoms with Crippen LogP contribution in [0.15, 0.2) is 53.7 Å². The molecule has 0 spiro atoms. The Morgan fingerprint density at radius 1 is 1.20 bits per heavy atom. The van der Waals surface area contributed by atoms with Gasteiger partial charge in [-0.2, -0.15) is 0 Å². The first-order valence-electron chi connectivity index (χ1n) is 5.83. The van der Waals surface area contributed by atoms with E-state index in [0.29, 0.717) is 10.6 Å². The van der Waals surface area contributed by atoms with Gasteiger partial charge in [0, 0.05) is 17.8 Å². The average molecular weight is 313 g/mol. The molecule has 0 radical (unpaired) electrons. The second-order valence-corrected chi connectivity index (χ2v) is 6.24. The minimum Gasteiger partial charge on any atom is -0.387 e. The highest BCUT2D eigenvalue weighted by Gasteiger charge is 2.17. The Morgan fingerprint density at radius 2 is 1.90 bits per heavy atom. The van der Waals surface area contributed by atoms with Crippen molar-refractivity contribution in [1.82, 2.24) is 9.71 Å². The van der Waals surface area contributed by atoms with E-state index in [1.165, 1.54) is 12.3 Å². The van der Waals surface area contributed by atoms with Crippen LogP contribution in [-0.4, -0.2) is 25.1 Å². The number of nitrogens with zero attached hydrogens (tertiary/aromatic N) is 1. The van der Waals surface area contributed by atoms with Gasteiger partial charge in [-0.05, 0) is 29.8 Å². The molecule has 2 N–H and O–H groups in total. The van der Waals surface area contributed by atoms with Crippen LogP contribution in [0.3, 0.4) is 0 Å². The van der Waals surface area contributed by atoms with E-state index in [0.717, 1.165) is 0 Å². The van der Waals surface area contributed by atoms with Crippen molar-refractivity contribution in [2.45, 2.75) is 11.1 Å². The van der Waals surface area contributed by atoms with E-state index in [-0.39, 0.29) is 11.6 Å². The topological polar surface area (TPSA) is 79.3 Å². The second-order valence-electron chi connectivity index (χ2n) is 4.09. The van der Waals surface area contributed by atoms with Crippen LogP contribution in [0, 0.1) is 0 Å². The zero-order valence-corrected chi connectivity index (χ0v) is 12.0. The van der Waals surface area contributed by atoms with Gasteiger partial charge in [0.05, 0.1) is 6.10 Å². The summed E-state index contributed by atoms with van der Waals surface area (Å²) in [5, 5.41) is 10.4. The molecule has 2 rings (SSSR count). The van der Waals surface area contributed by atoms with Crippen LogP contribution in [0.25, 0.3) is 0 Å². The summed E-state index contributed by atoms with van der Waals surface area (Å²) in [6.45, 7) is -0.138. The third kappa shape index (κ3) is 3.77. The van der Waals surface area contributed by atoms with E-state index >= 15 is 0 Å². The van der Waals surface area contributed by atoms with Crippen molar-refractivity contribution in [1.29, 1.82) is 0 Å². The van der Waals surface area contributed by atoms with Crippen LogP contribution in [0.5, 0.6) is 0 Å². The summed E-state index contributed by atoms with van der Waals surface area (Å²) in [6, 6.07) is 11.1. The first kappa shape index (κ1) is 14.9. The third-order valence-electron chi connectivity index (χ3n) is 2.63. The molecule has 0 aliphatic carbocycles.